The highest BCUT2D eigenvalue weighted by Crippen LogP contribution is 2.24. The third kappa shape index (κ3) is 4.86. The molecule has 1 aromatic heterocycles. The number of carbonyl (C=O) groups is 2. The first-order valence-electron chi connectivity index (χ1n) is 7.24. The largest absolute Gasteiger partial charge is 0.481 e. The Kier molecular flexibility index (Phi) is 5.32. The van der Waals surface area contributed by atoms with Crippen molar-refractivity contribution in [3.63, 3.8) is 0 Å². The summed E-state index contributed by atoms with van der Waals surface area (Å²) in [6.45, 7) is 2.28. The van der Waals surface area contributed by atoms with Gasteiger partial charge in [0.05, 0.1) is 5.92 Å². The zero-order chi connectivity index (χ0) is 15.2. The zero-order valence-electron chi connectivity index (χ0n) is 12.1. The van der Waals surface area contributed by atoms with Crippen LogP contribution in [0.2, 0.25) is 0 Å². The van der Waals surface area contributed by atoms with Gasteiger partial charge in [-0.2, -0.15) is 0 Å². The summed E-state index contributed by atoms with van der Waals surface area (Å²) >= 11 is 0. The lowest BCUT2D eigenvalue weighted by atomic mass is 9.86. The Hall–Kier alpha value is -1.89. The molecule has 0 aliphatic heterocycles. The molecule has 1 aliphatic carbocycles. The molecule has 7 heteroatoms. The van der Waals surface area contributed by atoms with Crippen molar-refractivity contribution >= 4 is 17.7 Å². The first kappa shape index (κ1) is 15.5. The van der Waals surface area contributed by atoms with Crippen LogP contribution in [-0.4, -0.2) is 34.7 Å². The Balaban J connectivity index is 1.66. The number of amides is 1. The summed E-state index contributed by atoms with van der Waals surface area (Å²) in [6, 6.07) is 1.84. The van der Waals surface area contributed by atoms with E-state index in [1.807, 2.05) is 0 Å². The monoisotopic (exact) mass is 295 g/mol. The average Bonchev–Trinajstić information content (AvgIpc) is 2.84. The molecule has 1 aromatic rings. The molecule has 2 rings (SSSR count). The van der Waals surface area contributed by atoms with Gasteiger partial charge in [-0.25, -0.2) is 0 Å². The second kappa shape index (κ2) is 7.21. The molecule has 3 N–H and O–H groups in total. The highest BCUT2D eigenvalue weighted by Gasteiger charge is 2.26. The number of carboxylic acid groups (broad SMARTS) is 1. The van der Waals surface area contributed by atoms with E-state index in [1.165, 1.54) is 0 Å². The second-order valence-electron chi connectivity index (χ2n) is 5.47. The van der Waals surface area contributed by atoms with E-state index in [1.54, 1.807) is 13.0 Å². The van der Waals surface area contributed by atoms with E-state index in [9.17, 15) is 9.59 Å². The highest BCUT2D eigenvalue weighted by atomic mass is 16.5. The van der Waals surface area contributed by atoms with Crippen molar-refractivity contribution in [2.45, 2.75) is 45.1 Å². The van der Waals surface area contributed by atoms with Crippen molar-refractivity contribution in [3.05, 3.63) is 11.8 Å². The fourth-order valence-corrected chi connectivity index (χ4v) is 2.62. The van der Waals surface area contributed by atoms with Crippen LogP contribution in [-0.2, 0) is 9.59 Å². The number of aliphatic carboxylic acids is 1. The molecule has 116 valence electrons. The molecule has 7 nitrogen and oxygen atoms in total. The van der Waals surface area contributed by atoms with Crippen LogP contribution in [0.1, 0.15) is 37.9 Å². The molecule has 2 atom stereocenters. The Morgan fingerprint density at radius 2 is 2.29 bits per heavy atom. The minimum Gasteiger partial charge on any atom is -0.481 e. The molecule has 1 aliphatic rings. The number of carboxylic acids is 1. The number of aryl methyl sites for hydroxylation is 1. The number of nitrogens with zero attached hydrogens (tertiary/aromatic N) is 1. The van der Waals surface area contributed by atoms with Crippen LogP contribution in [0.25, 0.3) is 0 Å². The van der Waals surface area contributed by atoms with E-state index in [4.69, 9.17) is 9.63 Å². The predicted octanol–water partition coefficient (Wildman–Crippen LogP) is 1.54. The van der Waals surface area contributed by atoms with E-state index in [0.717, 1.165) is 19.3 Å². The third-order valence-corrected chi connectivity index (χ3v) is 3.70. The average molecular weight is 295 g/mol. The van der Waals surface area contributed by atoms with Gasteiger partial charge in [-0.1, -0.05) is 11.6 Å². The van der Waals surface area contributed by atoms with Gasteiger partial charge in [0.2, 0.25) is 5.91 Å². The summed E-state index contributed by atoms with van der Waals surface area (Å²) in [4.78, 5) is 22.7. The van der Waals surface area contributed by atoms with Crippen LogP contribution >= 0.6 is 0 Å². The van der Waals surface area contributed by atoms with E-state index in [0.29, 0.717) is 31.0 Å². The summed E-state index contributed by atoms with van der Waals surface area (Å²) in [5.74, 6) is -0.0586. The topological polar surface area (TPSA) is 104 Å². The minimum atomic E-state index is -0.722. The maximum absolute atomic E-state index is 11.7. The lowest BCUT2D eigenvalue weighted by molar-refractivity contribution is -0.143. The van der Waals surface area contributed by atoms with E-state index < -0.39 is 5.97 Å². The molecule has 0 aromatic carbocycles. The molecule has 2 unspecified atom stereocenters. The highest BCUT2D eigenvalue weighted by molar-refractivity contribution is 5.89. The predicted molar refractivity (Wildman–Crippen MR) is 75.9 cm³/mol. The zero-order valence-corrected chi connectivity index (χ0v) is 12.1. The van der Waals surface area contributed by atoms with Crippen LogP contribution in [0.4, 0.5) is 5.82 Å². The molecular formula is C14H21N3O4. The van der Waals surface area contributed by atoms with Crippen LogP contribution in [0.15, 0.2) is 10.6 Å². The molecule has 0 radical (unpaired) electrons. The number of rotatable bonds is 6. The Morgan fingerprint density at radius 3 is 2.95 bits per heavy atom. The standard InChI is InChI=1S/C14H21N3O4/c1-9-7-12(17-21-9)16-13(18)5-6-15-11-4-2-3-10(8-11)14(19)20/h7,10-11,15H,2-6,8H2,1H3,(H,19,20)(H,16,17,18). The van der Waals surface area contributed by atoms with Gasteiger partial charge in [-0.15, -0.1) is 0 Å². The van der Waals surface area contributed by atoms with Gasteiger partial charge in [0.25, 0.3) is 0 Å². The molecule has 1 heterocycles. The number of aromatic nitrogens is 1. The molecule has 0 saturated heterocycles. The molecule has 1 saturated carbocycles. The van der Waals surface area contributed by atoms with E-state index in [-0.39, 0.29) is 17.9 Å². The van der Waals surface area contributed by atoms with Crippen molar-refractivity contribution in [2.24, 2.45) is 5.92 Å². The number of anilines is 1. The fourth-order valence-electron chi connectivity index (χ4n) is 2.62. The van der Waals surface area contributed by atoms with Crippen LogP contribution < -0.4 is 10.6 Å². The van der Waals surface area contributed by atoms with Gasteiger partial charge in [0.1, 0.15) is 5.76 Å². The molecule has 1 amide bonds. The summed E-state index contributed by atoms with van der Waals surface area (Å²) in [6.07, 6.45) is 3.59. The van der Waals surface area contributed by atoms with Crippen molar-refractivity contribution < 1.29 is 19.2 Å². The van der Waals surface area contributed by atoms with Crippen molar-refractivity contribution in [1.29, 1.82) is 0 Å². The van der Waals surface area contributed by atoms with Crippen LogP contribution in [0.3, 0.4) is 0 Å². The van der Waals surface area contributed by atoms with E-state index >= 15 is 0 Å². The number of nitrogens with one attached hydrogen (secondary N) is 2. The van der Waals surface area contributed by atoms with Crippen LogP contribution in [0.5, 0.6) is 0 Å². The quantitative estimate of drug-likeness (QED) is 0.735. The fraction of sp³-hybridized carbons (Fsp3) is 0.643. The van der Waals surface area contributed by atoms with Gasteiger partial charge in [-0.3, -0.25) is 9.59 Å². The van der Waals surface area contributed by atoms with Gasteiger partial charge < -0.3 is 20.3 Å². The van der Waals surface area contributed by atoms with Crippen molar-refractivity contribution in [2.75, 3.05) is 11.9 Å². The SMILES string of the molecule is Cc1cc(NC(=O)CCNC2CCCC(C(=O)O)C2)no1. The van der Waals surface area contributed by atoms with Gasteiger partial charge in [0.15, 0.2) is 5.82 Å². The summed E-state index contributed by atoms with van der Waals surface area (Å²) in [7, 11) is 0. The van der Waals surface area contributed by atoms with E-state index in [2.05, 4.69) is 15.8 Å². The number of hydrogen-bond donors (Lipinski definition) is 3. The first-order valence-corrected chi connectivity index (χ1v) is 7.24. The van der Waals surface area contributed by atoms with Crippen LogP contribution in [0, 0.1) is 12.8 Å². The summed E-state index contributed by atoms with van der Waals surface area (Å²) in [5, 5.41) is 18.6. The molecule has 21 heavy (non-hydrogen) atoms. The molecule has 0 bridgehead atoms. The normalized spacial score (nSPS) is 22.0. The molecular weight excluding hydrogens is 274 g/mol. The lowest BCUT2D eigenvalue weighted by Gasteiger charge is -2.27. The maximum atomic E-state index is 11.7. The van der Waals surface area contributed by atoms with Crippen molar-refractivity contribution in [1.82, 2.24) is 10.5 Å². The first-order chi connectivity index (χ1) is 10.0. The number of carbonyl (C=O) groups excluding carboxylic acids is 1. The Bertz CT molecular complexity index is 500. The lowest BCUT2D eigenvalue weighted by Crippen LogP contribution is -2.37. The summed E-state index contributed by atoms with van der Waals surface area (Å²) in [5.41, 5.74) is 0. The van der Waals surface area contributed by atoms with Gasteiger partial charge in [-0.05, 0) is 26.2 Å². The second-order valence-corrected chi connectivity index (χ2v) is 5.47. The van der Waals surface area contributed by atoms with Crippen molar-refractivity contribution in [3.8, 4) is 0 Å². The maximum Gasteiger partial charge on any atom is 0.306 e. The minimum absolute atomic E-state index is 0.138. The smallest absolute Gasteiger partial charge is 0.306 e. The third-order valence-electron chi connectivity index (χ3n) is 3.70. The van der Waals surface area contributed by atoms with Gasteiger partial charge >= 0.3 is 5.97 Å². The van der Waals surface area contributed by atoms with Gasteiger partial charge in [0, 0.05) is 25.1 Å². The Labute approximate surface area is 123 Å². The molecule has 0 spiro atoms. The number of hydrogen-bond acceptors (Lipinski definition) is 5. The molecule has 1 fully saturated rings. The Morgan fingerprint density at radius 1 is 1.48 bits per heavy atom. The summed E-state index contributed by atoms with van der Waals surface area (Å²) < 4.78 is 4.86.